The van der Waals surface area contributed by atoms with E-state index < -0.39 is 30.1 Å². The van der Waals surface area contributed by atoms with Crippen molar-refractivity contribution in [2.75, 3.05) is 27.1 Å². The average molecular weight is 434 g/mol. The Morgan fingerprint density at radius 1 is 0.903 bits per heavy atom. The lowest BCUT2D eigenvalue weighted by atomic mass is 9.91. The number of nitrogens with one attached hydrogen (secondary N) is 2. The van der Waals surface area contributed by atoms with E-state index in [-0.39, 0.29) is 26.2 Å². The summed E-state index contributed by atoms with van der Waals surface area (Å²) in [6, 6.07) is 15.0. The number of ether oxygens (including phenoxy) is 3. The molecule has 6 nitrogen and oxygen atoms in total. The van der Waals surface area contributed by atoms with E-state index in [0.717, 1.165) is 5.56 Å². The molecular formula is C23H28F2N2O4. The first kappa shape index (κ1) is 23.1. The Hall–Kier alpha value is -2.55. The lowest BCUT2D eigenvalue weighted by Gasteiger charge is -2.34. The predicted molar refractivity (Wildman–Crippen MR) is 112 cm³/mol. The molecule has 0 radical (unpaired) electrons. The lowest BCUT2D eigenvalue weighted by molar-refractivity contribution is -0.199. The highest BCUT2D eigenvalue weighted by Crippen LogP contribution is 2.33. The van der Waals surface area contributed by atoms with Gasteiger partial charge < -0.3 is 24.8 Å². The Kier molecular flexibility index (Phi) is 8.34. The molecule has 2 aromatic carbocycles. The molecule has 2 aromatic rings. The number of halogens is 2. The van der Waals surface area contributed by atoms with Gasteiger partial charge >= 0.3 is 6.03 Å². The smallest absolute Gasteiger partial charge is 0.315 e. The number of methoxy groups -OCH3 is 1. The average Bonchev–Trinajstić information content (AvgIpc) is 2.84. The third-order valence-electron chi connectivity index (χ3n) is 5.18. The largest absolute Gasteiger partial charge is 0.382 e. The topological polar surface area (TPSA) is 68.8 Å². The SMILES string of the molecule is COCCOCOC1C(Cc2ccccc2)NC(=O)NC(Cc2ccccc2)C1(F)F. The molecule has 3 rings (SSSR count). The maximum Gasteiger partial charge on any atom is 0.315 e. The summed E-state index contributed by atoms with van der Waals surface area (Å²) in [4.78, 5) is 12.5. The van der Waals surface area contributed by atoms with E-state index in [1.54, 1.807) is 24.3 Å². The maximum absolute atomic E-state index is 15.7. The molecular weight excluding hydrogens is 406 g/mol. The van der Waals surface area contributed by atoms with Gasteiger partial charge in [-0.3, -0.25) is 0 Å². The molecule has 1 fully saturated rings. The minimum atomic E-state index is -3.35. The number of amides is 2. The van der Waals surface area contributed by atoms with Crippen LogP contribution < -0.4 is 10.6 Å². The Bertz CT molecular complexity index is 808. The van der Waals surface area contributed by atoms with Crippen LogP contribution in [0.1, 0.15) is 11.1 Å². The van der Waals surface area contributed by atoms with E-state index >= 15 is 8.78 Å². The molecule has 3 atom stereocenters. The van der Waals surface area contributed by atoms with Crippen molar-refractivity contribution >= 4 is 6.03 Å². The second kappa shape index (κ2) is 11.2. The van der Waals surface area contributed by atoms with Crippen LogP contribution in [-0.2, 0) is 27.1 Å². The molecule has 1 heterocycles. The van der Waals surface area contributed by atoms with Gasteiger partial charge in [-0.2, -0.15) is 0 Å². The van der Waals surface area contributed by atoms with Gasteiger partial charge in [0.15, 0.2) is 0 Å². The number of benzene rings is 2. The Balaban J connectivity index is 1.82. The Morgan fingerprint density at radius 2 is 1.52 bits per heavy atom. The first-order chi connectivity index (χ1) is 15.0. The number of carbonyl (C=O) groups is 1. The molecule has 1 aliphatic heterocycles. The monoisotopic (exact) mass is 434 g/mol. The zero-order valence-electron chi connectivity index (χ0n) is 17.4. The van der Waals surface area contributed by atoms with Crippen LogP contribution in [0.4, 0.5) is 13.6 Å². The molecule has 2 amide bonds. The Morgan fingerprint density at radius 3 is 2.13 bits per heavy atom. The van der Waals surface area contributed by atoms with Crippen molar-refractivity contribution in [1.82, 2.24) is 10.6 Å². The minimum Gasteiger partial charge on any atom is -0.382 e. The number of alkyl halides is 2. The van der Waals surface area contributed by atoms with Crippen LogP contribution >= 0.6 is 0 Å². The van der Waals surface area contributed by atoms with Gasteiger partial charge in [0.1, 0.15) is 18.9 Å². The molecule has 1 aliphatic rings. The van der Waals surface area contributed by atoms with Gasteiger partial charge in [-0.1, -0.05) is 60.7 Å². The number of carbonyl (C=O) groups excluding carboxylic acids is 1. The highest BCUT2D eigenvalue weighted by atomic mass is 19.3. The van der Waals surface area contributed by atoms with Crippen LogP contribution in [0, 0.1) is 0 Å². The number of hydrogen-bond acceptors (Lipinski definition) is 4. The normalized spacial score (nSPS) is 22.9. The van der Waals surface area contributed by atoms with E-state index in [9.17, 15) is 4.79 Å². The predicted octanol–water partition coefficient (Wildman–Crippen LogP) is 3.16. The van der Waals surface area contributed by atoms with E-state index in [2.05, 4.69) is 10.6 Å². The fraction of sp³-hybridized carbons (Fsp3) is 0.435. The second-order valence-electron chi connectivity index (χ2n) is 7.44. The van der Waals surface area contributed by atoms with Gasteiger partial charge in [0.2, 0.25) is 0 Å². The lowest BCUT2D eigenvalue weighted by Crippen LogP contribution is -2.56. The summed E-state index contributed by atoms with van der Waals surface area (Å²) in [7, 11) is 1.52. The molecule has 2 N–H and O–H groups in total. The van der Waals surface area contributed by atoms with Crippen molar-refractivity contribution in [2.45, 2.75) is 37.0 Å². The molecule has 168 valence electrons. The molecule has 0 bridgehead atoms. The summed E-state index contributed by atoms with van der Waals surface area (Å²) < 4.78 is 47.2. The fourth-order valence-corrected chi connectivity index (χ4v) is 3.62. The van der Waals surface area contributed by atoms with Gasteiger partial charge in [0, 0.05) is 7.11 Å². The minimum absolute atomic E-state index is 0.0241. The quantitative estimate of drug-likeness (QED) is 0.445. The zero-order valence-corrected chi connectivity index (χ0v) is 17.4. The number of urea groups is 1. The standard InChI is InChI=1S/C23H28F2N2O4/c1-29-12-13-30-16-31-21-19(14-17-8-4-2-5-9-17)26-22(28)27-20(23(21,24)25)15-18-10-6-3-7-11-18/h2-11,19-21H,12-16H2,1H3,(H2,26,27,28). The highest BCUT2D eigenvalue weighted by molar-refractivity contribution is 5.75. The van der Waals surface area contributed by atoms with Crippen molar-refractivity contribution in [3.63, 3.8) is 0 Å². The molecule has 1 saturated heterocycles. The highest BCUT2D eigenvalue weighted by Gasteiger charge is 2.54. The summed E-state index contributed by atoms with van der Waals surface area (Å²) in [5, 5.41) is 5.10. The molecule has 0 aromatic heterocycles. The van der Waals surface area contributed by atoms with E-state index in [1.807, 2.05) is 36.4 Å². The fourth-order valence-electron chi connectivity index (χ4n) is 3.62. The van der Waals surface area contributed by atoms with Crippen LogP contribution in [-0.4, -0.2) is 57.3 Å². The number of hydrogen-bond donors (Lipinski definition) is 2. The third-order valence-corrected chi connectivity index (χ3v) is 5.18. The van der Waals surface area contributed by atoms with Crippen molar-refractivity contribution in [3.8, 4) is 0 Å². The van der Waals surface area contributed by atoms with Crippen molar-refractivity contribution in [1.29, 1.82) is 0 Å². The summed E-state index contributed by atoms with van der Waals surface area (Å²) in [6.45, 7) is 0.214. The van der Waals surface area contributed by atoms with Crippen LogP contribution in [0.3, 0.4) is 0 Å². The van der Waals surface area contributed by atoms with Crippen LogP contribution in [0.5, 0.6) is 0 Å². The number of rotatable bonds is 10. The third kappa shape index (κ3) is 6.46. The Labute approximate surface area is 180 Å². The van der Waals surface area contributed by atoms with E-state index in [1.165, 1.54) is 7.11 Å². The van der Waals surface area contributed by atoms with Gasteiger partial charge in [-0.15, -0.1) is 0 Å². The maximum atomic E-state index is 15.7. The second-order valence-corrected chi connectivity index (χ2v) is 7.44. The molecule has 0 spiro atoms. The molecule has 0 saturated carbocycles. The van der Waals surface area contributed by atoms with Gasteiger partial charge in [-0.25, -0.2) is 13.6 Å². The van der Waals surface area contributed by atoms with Crippen molar-refractivity contribution < 1.29 is 27.8 Å². The van der Waals surface area contributed by atoms with Gasteiger partial charge in [0.05, 0.1) is 19.3 Å². The van der Waals surface area contributed by atoms with Crippen LogP contribution in [0.15, 0.2) is 60.7 Å². The van der Waals surface area contributed by atoms with Gasteiger partial charge in [-0.05, 0) is 24.0 Å². The zero-order chi connectivity index (χ0) is 22.1. The summed E-state index contributed by atoms with van der Waals surface area (Å²) >= 11 is 0. The van der Waals surface area contributed by atoms with Crippen molar-refractivity contribution in [3.05, 3.63) is 71.8 Å². The summed E-state index contributed by atoms with van der Waals surface area (Å²) in [5.41, 5.74) is 1.52. The van der Waals surface area contributed by atoms with Gasteiger partial charge in [0.25, 0.3) is 5.92 Å². The van der Waals surface area contributed by atoms with Crippen molar-refractivity contribution in [2.24, 2.45) is 0 Å². The first-order valence-corrected chi connectivity index (χ1v) is 10.2. The summed E-state index contributed by atoms with van der Waals surface area (Å²) in [6.07, 6.45) is -1.41. The molecule has 3 unspecified atom stereocenters. The van der Waals surface area contributed by atoms with E-state index in [4.69, 9.17) is 14.2 Å². The van der Waals surface area contributed by atoms with E-state index in [0.29, 0.717) is 12.2 Å². The van der Waals surface area contributed by atoms with Crippen LogP contribution in [0.2, 0.25) is 0 Å². The first-order valence-electron chi connectivity index (χ1n) is 10.2. The van der Waals surface area contributed by atoms with Crippen LogP contribution in [0.25, 0.3) is 0 Å². The molecule has 8 heteroatoms. The molecule has 0 aliphatic carbocycles. The summed E-state index contributed by atoms with van der Waals surface area (Å²) in [5.74, 6) is -3.35. The molecule has 31 heavy (non-hydrogen) atoms.